The van der Waals surface area contributed by atoms with E-state index in [4.69, 9.17) is 0 Å². The van der Waals surface area contributed by atoms with E-state index in [9.17, 15) is 4.79 Å². The molecule has 5 heteroatoms. The van der Waals surface area contributed by atoms with Gasteiger partial charge in [-0.05, 0) is 47.5 Å². The van der Waals surface area contributed by atoms with Gasteiger partial charge in [0.15, 0.2) is 0 Å². The van der Waals surface area contributed by atoms with Crippen LogP contribution >= 0.6 is 15.9 Å². The van der Waals surface area contributed by atoms with Crippen LogP contribution in [0.2, 0.25) is 0 Å². The highest BCUT2D eigenvalue weighted by Crippen LogP contribution is 2.21. The summed E-state index contributed by atoms with van der Waals surface area (Å²) in [5.74, 6) is 0.366. The van der Waals surface area contributed by atoms with E-state index in [-0.39, 0.29) is 5.91 Å². The highest BCUT2D eigenvalue weighted by atomic mass is 79.9. The van der Waals surface area contributed by atoms with Gasteiger partial charge in [-0.2, -0.15) is 0 Å². The maximum atomic E-state index is 12.4. The van der Waals surface area contributed by atoms with E-state index in [1.165, 1.54) is 5.56 Å². The number of carbonyl (C=O) groups is 1. The molecule has 1 aromatic carbocycles. The lowest BCUT2D eigenvalue weighted by molar-refractivity contribution is 0.102. The van der Waals surface area contributed by atoms with Crippen molar-refractivity contribution in [2.24, 2.45) is 0 Å². The van der Waals surface area contributed by atoms with Gasteiger partial charge in [0, 0.05) is 23.4 Å². The summed E-state index contributed by atoms with van der Waals surface area (Å²) in [4.78, 5) is 16.5. The van der Waals surface area contributed by atoms with Crippen LogP contribution in [0.4, 0.5) is 11.5 Å². The Morgan fingerprint density at radius 3 is 2.65 bits per heavy atom. The highest BCUT2D eigenvalue weighted by Gasteiger charge is 2.13. The molecule has 0 fully saturated rings. The minimum absolute atomic E-state index is 0.185. The van der Waals surface area contributed by atoms with Crippen LogP contribution in [0.3, 0.4) is 0 Å². The van der Waals surface area contributed by atoms with Crippen molar-refractivity contribution in [3.8, 4) is 0 Å². The molecule has 1 aromatic heterocycles. The lowest BCUT2D eigenvalue weighted by Gasteiger charge is -2.11. The van der Waals surface area contributed by atoms with Crippen LogP contribution in [0, 0.1) is 13.8 Å². The molecule has 2 aromatic rings. The number of aromatic nitrogens is 1. The van der Waals surface area contributed by atoms with Crippen LogP contribution in [0.25, 0.3) is 0 Å². The molecule has 0 aliphatic rings. The SMILES string of the molecule is CNc1ncc(Br)cc1C(=O)Nc1ccc(C)cc1C. The van der Waals surface area contributed by atoms with E-state index in [0.29, 0.717) is 11.4 Å². The average molecular weight is 334 g/mol. The largest absolute Gasteiger partial charge is 0.372 e. The van der Waals surface area contributed by atoms with E-state index in [1.54, 1.807) is 19.3 Å². The van der Waals surface area contributed by atoms with Crippen LogP contribution in [0.5, 0.6) is 0 Å². The van der Waals surface area contributed by atoms with Crippen molar-refractivity contribution in [1.82, 2.24) is 4.98 Å². The highest BCUT2D eigenvalue weighted by molar-refractivity contribution is 9.10. The van der Waals surface area contributed by atoms with Crippen molar-refractivity contribution < 1.29 is 4.79 Å². The number of nitrogens with zero attached hydrogens (tertiary/aromatic N) is 1. The molecule has 0 aliphatic heterocycles. The molecule has 0 spiro atoms. The maximum Gasteiger partial charge on any atom is 0.259 e. The molecule has 0 aliphatic carbocycles. The fourth-order valence-corrected chi connectivity index (χ4v) is 2.29. The normalized spacial score (nSPS) is 10.2. The van der Waals surface area contributed by atoms with Gasteiger partial charge >= 0.3 is 0 Å². The van der Waals surface area contributed by atoms with Crippen LogP contribution < -0.4 is 10.6 Å². The molecule has 0 saturated heterocycles. The summed E-state index contributed by atoms with van der Waals surface area (Å²) in [6.45, 7) is 4.00. The summed E-state index contributed by atoms with van der Waals surface area (Å²) in [5, 5.41) is 5.84. The standard InChI is InChI=1S/C15H16BrN3O/c1-9-4-5-13(10(2)6-9)19-15(20)12-7-11(16)8-18-14(12)17-3/h4-8H,1-3H3,(H,17,18)(H,19,20). The number of anilines is 2. The molecule has 0 atom stereocenters. The molecular formula is C15H16BrN3O. The van der Waals surface area contributed by atoms with Gasteiger partial charge in [0.25, 0.3) is 5.91 Å². The summed E-state index contributed by atoms with van der Waals surface area (Å²) in [6, 6.07) is 7.67. The van der Waals surface area contributed by atoms with Crippen molar-refractivity contribution in [3.05, 3.63) is 51.6 Å². The number of amides is 1. The van der Waals surface area contributed by atoms with Gasteiger partial charge in [-0.25, -0.2) is 4.98 Å². The molecule has 0 saturated carbocycles. The summed E-state index contributed by atoms with van der Waals surface area (Å²) in [5.41, 5.74) is 3.51. The monoisotopic (exact) mass is 333 g/mol. The Morgan fingerprint density at radius 2 is 2.00 bits per heavy atom. The van der Waals surface area contributed by atoms with Crippen molar-refractivity contribution in [3.63, 3.8) is 0 Å². The number of rotatable bonds is 3. The number of aryl methyl sites for hydroxylation is 2. The van der Waals surface area contributed by atoms with E-state index < -0.39 is 0 Å². The average Bonchev–Trinajstić information content (AvgIpc) is 2.41. The van der Waals surface area contributed by atoms with Crippen LogP contribution in [-0.4, -0.2) is 17.9 Å². The Hall–Kier alpha value is -1.88. The third-order valence-corrected chi connectivity index (χ3v) is 3.40. The van der Waals surface area contributed by atoms with Crippen molar-refractivity contribution in [1.29, 1.82) is 0 Å². The zero-order chi connectivity index (χ0) is 14.7. The third-order valence-electron chi connectivity index (χ3n) is 2.97. The Morgan fingerprint density at radius 1 is 1.25 bits per heavy atom. The first-order valence-corrected chi connectivity index (χ1v) is 7.02. The zero-order valence-corrected chi connectivity index (χ0v) is 13.2. The number of halogens is 1. The van der Waals surface area contributed by atoms with Gasteiger partial charge in [-0.15, -0.1) is 0 Å². The quantitative estimate of drug-likeness (QED) is 0.899. The number of pyridine rings is 1. The molecule has 104 valence electrons. The first-order chi connectivity index (χ1) is 9.51. The van der Waals surface area contributed by atoms with Crippen LogP contribution in [0.1, 0.15) is 21.5 Å². The summed E-state index contributed by atoms with van der Waals surface area (Å²) in [6.07, 6.45) is 1.65. The summed E-state index contributed by atoms with van der Waals surface area (Å²) >= 11 is 3.33. The molecular weight excluding hydrogens is 318 g/mol. The second-order valence-electron chi connectivity index (χ2n) is 4.57. The number of carbonyl (C=O) groups excluding carboxylic acids is 1. The molecule has 2 N–H and O–H groups in total. The molecule has 0 unspecified atom stereocenters. The Balaban J connectivity index is 2.30. The Kier molecular flexibility index (Phi) is 4.39. The Bertz CT molecular complexity index is 656. The molecule has 0 radical (unpaired) electrons. The fourth-order valence-electron chi connectivity index (χ4n) is 1.96. The number of hydrogen-bond acceptors (Lipinski definition) is 3. The number of nitrogens with one attached hydrogen (secondary N) is 2. The lowest BCUT2D eigenvalue weighted by atomic mass is 10.1. The lowest BCUT2D eigenvalue weighted by Crippen LogP contribution is -2.15. The minimum atomic E-state index is -0.185. The molecule has 20 heavy (non-hydrogen) atoms. The second-order valence-corrected chi connectivity index (χ2v) is 5.49. The van der Waals surface area contributed by atoms with Gasteiger partial charge in [0.05, 0.1) is 5.56 Å². The maximum absolute atomic E-state index is 12.4. The van der Waals surface area contributed by atoms with E-state index in [2.05, 4.69) is 31.5 Å². The Labute approximate surface area is 126 Å². The van der Waals surface area contributed by atoms with Gasteiger partial charge in [0.2, 0.25) is 0 Å². The summed E-state index contributed by atoms with van der Waals surface area (Å²) < 4.78 is 0.766. The zero-order valence-electron chi connectivity index (χ0n) is 11.6. The van der Waals surface area contributed by atoms with Crippen molar-refractivity contribution in [2.45, 2.75) is 13.8 Å². The first-order valence-electron chi connectivity index (χ1n) is 6.23. The van der Waals surface area contributed by atoms with Gasteiger partial charge < -0.3 is 10.6 Å². The second kappa shape index (κ2) is 6.05. The topological polar surface area (TPSA) is 54.0 Å². The molecule has 2 rings (SSSR count). The van der Waals surface area contributed by atoms with E-state index in [1.807, 2.05) is 32.0 Å². The van der Waals surface area contributed by atoms with Gasteiger partial charge in [-0.3, -0.25) is 4.79 Å². The molecule has 0 bridgehead atoms. The summed E-state index contributed by atoms with van der Waals surface area (Å²) in [7, 11) is 1.74. The predicted molar refractivity (Wildman–Crippen MR) is 85.4 cm³/mol. The van der Waals surface area contributed by atoms with Crippen molar-refractivity contribution >= 4 is 33.3 Å². The van der Waals surface area contributed by atoms with Gasteiger partial charge in [-0.1, -0.05) is 17.7 Å². The van der Waals surface area contributed by atoms with Gasteiger partial charge in [0.1, 0.15) is 5.82 Å². The predicted octanol–water partition coefficient (Wildman–Crippen LogP) is 3.75. The first kappa shape index (κ1) is 14.5. The minimum Gasteiger partial charge on any atom is -0.372 e. The third kappa shape index (κ3) is 3.17. The van der Waals surface area contributed by atoms with E-state index >= 15 is 0 Å². The van der Waals surface area contributed by atoms with Crippen LogP contribution in [-0.2, 0) is 0 Å². The smallest absolute Gasteiger partial charge is 0.259 e. The molecule has 1 heterocycles. The molecule has 4 nitrogen and oxygen atoms in total. The fraction of sp³-hybridized carbons (Fsp3) is 0.200. The number of hydrogen-bond donors (Lipinski definition) is 2. The molecule has 1 amide bonds. The van der Waals surface area contributed by atoms with E-state index in [0.717, 1.165) is 15.7 Å². The number of benzene rings is 1. The van der Waals surface area contributed by atoms with Crippen molar-refractivity contribution in [2.75, 3.05) is 17.7 Å². The van der Waals surface area contributed by atoms with Crippen LogP contribution in [0.15, 0.2) is 34.9 Å².